The molecule has 0 unspecified atom stereocenters. The van der Waals surface area contributed by atoms with E-state index < -0.39 is 0 Å². The predicted octanol–water partition coefficient (Wildman–Crippen LogP) is -1.32. The van der Waals surface area contributed by atoms with Crippen LogP contribution in [0.3, 0.4) is 0 Å². The number of aliphatic hydroxyl groups excluding tert-OH is 6. The maximum absolute atomic E-state index is 8.34. The van der Waals surface area contributed by atoms with Crippen molar-refractivity contribution in [3.05, 3.63) is 22.3 Å². The molecule has 0 aliphatic carbocycles. The Bertz CT molecular complexity index is 65.0. The zero-order valence-electron chi connectivity index (χ0n) is 15.0. The summed E-state index contributed by atoms with van der Waals surface area (Å²) in [4.78, 5) is 1.86. The van der Waals surface area contributed by atoms with Crippen LogP contribution in [0.4, 0.5) is 0 Å². The Balaban J connectivity index is -0.0000000103. The van der Waals surface area contributed by atoms with Crippen LogP contribution in [0.15, 0.2) is 0 Å². The molecule has 21 heavy (non-hydrogen) atoms. The van der Waals surface area contributed by atoms with Crippen LogP contribution < -0.4 is 0 Å². The first-order valence-corrected chi connectivity index (χ1v) is 4.50. The van der Waals surface area contributed by atoms with Gasteiger partial charge in [0.2, 0.25) is 0 Å². The minimum absolute atomic E-state index is 0. The van der Waals surface area contributed by atoms with Gasteiger partial charge in [0.1, 0.15) is 0 Å². The third-order valence-electron chi connectivity index (χ3n) is 0.963. The van der Waals surface area contributed by atoms with Gasteiger partial charge in [-0.2, -0.15) is 0 Å². The molecule has 0 aromatic heterocycles. The smallest absolute Gasteiger partial charge is 0.400 e. The van der Waals surface area contributed by atoms with E-state index in [0.29, 0.717) is 13.1 Å². The summed E-state index contributed by atoms with van der Waals surface area (Å²) in [6.45, 7) is 1.61. The minimum Gasteiger partial charge on any atom is -0.400 e. The molecule has 7 nitrogen and oxygen atoms in total. The summed E-state index contributed by atoms with van der Waals surface area (Å²) < 4.78 is 0. The fraction of sp³-hybridized carbons (Fsp3) is 0.750. The number of aliphatic hydroxyl groups is 6. The van der Waals surface area contributed by atoms with E-state index in [-0.39, 0.29) is 78.9 Å². The summed E-state index contributed by atoms with van der Waals surface area (Å²) in [7, 11) is 5.85. The van der Waals surface area contributed by atoms with E-state index in [2.05, 4.69) is 0 Å². The second-order valence-corrected chi connectivity index (χ2v) is 1.75. The fourth-order valence-corrected chi connectivity index (χ4v) is 0.453. The molecule has 0 saturated heterocycles. The Morgan fingerprint density at radius 3 is 0.857 bits per heavy atom. The Labute approximate surface area is 162 Å². The molecule has 136 valence electrons. The molecule has 9 heteroatoms. The van der Waals surface area contributed by atoms with Crippen LogP contribution in [0, 0.1) is 22.3 Å². The van der Waals surface area contributed by atoms with Gasteiger partial charge in [-0.05, 0) is 7.05 Å². The standard InChI is InChI=1S/C5H13NO2.4CH4O.3CH3.2Ti/c1-6(2-4-7)3-5-8;4*1-2;;;;;/h7-8H,2-5H2,1H3;4*2H,1H3;3*1H3;;/q;;;;;3*-1;;+2. The molecule has 0 atom stereocenters. The van der Waals surface area contributed by atoms with Gasteiger partial charge in [-0.1, -0.05) is 0 Å². The van der Waals surface area contributed by atoms with Gasteiger partial charge in [0.15, 0.2) is 0 Å². The van der Waals surface area contributed by atoms with Crippen LogP contribution in [-0.4, -0.2) is 97.3 Å². The molecular weight excluding hydrogens is 350 g/mol. The number of nitrogens with zero attached hydrogens (tertiary/aromatic N) is 1. The molecule has 0 aliphatic rings. The van der Waals surface area contributed by atoms with Crippen molar-refractivity contribution in [1.29, 1.82) is 0 Å². The molecule has 0 radical (unpaired) electrons. The number of rotatable bonds is 4. The molecule has 0 fully saturated rings. The molecule has 0 aliphatic heterocycles. The first-order valence-electron chi connectivity index (χ1n) is 4.50. The van der Waals surface area contributed by atoms with Crippen molar-refractivity contribution in [3.63, 3.8) is 0 Å². The second-order valence-electron chi connectivity index (χ2n) is 1.75. The van der Waals surface area contributed by atoms with Crippen molar-refractivity contribution in [2.24, 2.45) is 0 Å². The third-order valence-corrected chi connectivity index (χ3v) is 0.963. The quantitative estimate of drug-likeness (QED) is 0.261. The molecular formula is C12H38NO6Ti2-. The van der Waals surface area contributed by atoms with Gasteiger partial charge < -0.3 is 57.8 Å². The van der Waals surface area contributed by atoms with Gasteiger partial charge in [0, 0.05) is 63.2 Å². The first-order chi connectivity index (χ1) is 7.81. The van der Waals surface area contributed by atoms with Crippen molar-refractivity contribution in [2.45, 2.75) is 0 Å². The summed E-state index contributed by atoms with van der Waals surface area (Å²) in [6.07, 6.45) is 0. The molecule has 0 spiro atoms. The average molecular weight is 388 g/mol. The topological polar surface area (TPSA) is 125 Å². The summed E-state index contributed by atoms with van der Waals surface area (Å²) in [5.74, 6) is 0. The van der Waals surface area contributed by atoms with Gasteiger partial charge in [0.05, 0.1) is 13.2 Å². The van der Waals surface area contributed by atoms with Gasteiger partial charge in [-0.25, -0.2) is 0 Å². The van der Waals surface area contributed by atoms with Crippen LogP contribution in [0.5, 0.6) is 0 Å². The number of hydrogen-bond acceptors (Lipinski definition) is 7. The van der Waals surface area contributed by atoms with Gasteiger partial charge >= 0.3 is 21.7 Å². The van der Waals surface area contributed by atoms with E-state index in [1.54, 1.807) is 0 Å². The van der Waals surface area contributed by atoms with Crippen molar-refractivity contribution >= 4 is 0 Å². The van der Waals surface area contributed by atoms with E-state index in [4.69, 9.17) is 30.6 Å². The van der Waals surface area contributed by atoms with Crippen molar-refractivity contribution in [3.8, 4) is 0 Å². The average Bonchev–Trinajstić information content (AvgIpc) is 2.40. The van der Waals surface area contributed by atoms with E-state index >= 15 is 0 Å². The molecule has 0 heterocycles. The van der Waals surface area contributed by atoms with Crippen LogP contribution in [0.1, 0.15) is 0 Å². The molecule has 0 amide bonds. The fourth-order valence-electron chi connectivity index (χ4n) is 0.453. The maximum Gasteiger partial charge on any atom is 2.00 e. The predicted molar refractivity (Wildman–Crippen MR) is 83.5 cm³/mol. The van der Waals surface area contributed by atoms with Gasteiger partial charge in [-0.15, -0.1) is 0 Å². The maximum atomic E-state index is 8.34. The summed E-state index contributed by atoms with van der Waals surface area (Å²) in [5.41, 5.74) is 0. The summed E-state index contributed by atoms with van der Waals surface area (Å²) >= 11 is 0. The molecule has 0 aromatic carbocycles. The molecule has 0 bridgehead atoms. The number of hydrogen-bond donors (Lipinski definition) is 6. The van der Waals surface area contributed by atoms with Crippen molar-refractivity contribution in [2.75, 3.05) is 61.8 Å². The van der Waals surface area contributed by atoms with Gasteiger partial charge in [-0.3, -0.25) is 0 Å². The zero-order valence-corrected chi connectivity index (χ0v) is 18.1. The van der Waals surface area contributed by atoms with Crippen LogP contribution >= 0.6 is 0 Å². The zero-order chi connectivity index (χ0) is 14.4. The van der Waals surface area contributed by atoms with Crippen LogP contribution in [-0.2, 0) is 43.4 Å². The van der Waals surface area contributed by atoms with E-state index in [0.717, 1.165) is 28.4 Å². The first kappa shape index (κ1) is 67.1. The van der Waals surface area contributed by atoms with Crippen LogP contribution in [0.2, 0.25) is 0 Å². The third kappa shape index (κ3) is 152. The van der Waals surface area contributed by atoms with Crippen molar-refractivity contribution in [1.82, 2.24) is 4.90 Å². The summed E-state index contributed by atoms with van der Waals surface area (Å²) in [5, 5.41) is 44.7. The SMILES string of the molecule is CN(CCO)CCO.CO.CO.CO.CO.[CH3-].[CH3-].[CH3-].[Ti+2].[Ti]. The molecule has 0 saturated carbocycles. The monoisotopic (exact) mass is 388 g/mol. The Hall–Kier alpha value is 1.15. The molecule has 0 rings (SSSR count). The number of likely N-dealkylation sites (N-methyl/N-ethyl adjacent to an activating group) is 1. The Morgan fingerprint density at radius 1 is 0.619 bits per heavy atom. The van der Waals surface area contributed by atoms with E-state index in [9.17, 15) is 0 Å². The van der Waals surface area contributed by atoms with Gasteiger partial charge in [0.25, 0.3) is 0 Å². The van der Waals surface area contributed by atoms with E-state index in [1.807, 2.05) is 11.9 Å². The summed E-state index contributed by atoms with van der Waals surface area (Å²) in [6, 6.07) is 0. The Morgan fingerprint density at radius 2 is 0.762 bits per heavy atom. The minimum atomic E-state index is 0. The Kier molecular flexibility index (Phi) is 413. The van der Waals surface area contributed by atoms with Crippen LogP contribution in [0.25, 0.3) is 0 Å². The van der Waals surface area contributed by atoms with Crippen molar-refractivity contribution < 1.29 is 74.1 Å². The second kappa shape index (κ2) is 129. The molecule has 0 aromatic rings. The van der Waals surface area contributed by atoms with E-state index in [1.165, 1.54) is 0 Å². The largest absolute Gasteiger partial charge is 2.00 e. The normalized spacial score (nSPS) is 5.14. The molecule has 6 N–H and O–H groups in total.